The fourth-order valence-corrected chi connectivity index (χ4v) is 1.76. The van der Waals surface area contributed by atoms with Gasteiger partial charge in [0.15, 0.2) is 0 Å². The van der Waals surface area contributed by atoms with E-state index in [2.05, 4.69) is 13.8 Å². The zero-order valence-electron chi connectivity index (χ0n) is 11.9. The van der Waals surface area contributed by atoms with E-state index in [-0.39, 0.29) is 11.2 Å². The van der Waals surface area contributed by atoms with Gasteiger partial charge in [-0.1, -0.05) is 39.8 Å². The van der Waals surface area contributed by atoms with Crippen molar-refractivity contribution in [3.63, 3.8) is 0 Å². The maximum absolute atomic E-state index is 12.1. The van der Waals surface area contributed by atoms with Gasteiger partial charge in [-0.3, -0.25) is 4.79 Å². The van der Waals surface area contributed by atoms with Gasteiger partial charge >= 0.3 is 0 Å². The van der Waals surface area contributed by atoms with Gasteiger partial charge in [-0.15, -0.1) is 0 Å². The molecule has 0 atom stereocenters. The summed E-state index contributed by atoms with van der Waals surface area (Å²) in [6.45, 7) is 8.25. The Labute approximate surface area is 110 Å². The van der Waals surface area contributed by atoms with Gasteiger partial charge in [-0.05, 0) is 36.5 Å². The number of carbonyl (C=O) groups is 1. The first-order valence-electron chi connectivity index (χ1n) is 6.65. The summed E-state index contributed by atoms with van der Waals surface area (Å²) in [7, 11) is 0. The Bertz CT molecular complexity index is 388. The number of phenolic OH excluding ortho intramolecular Hbond substituents is 1. The van der Waals surface area contributed by atoms with Crippen LogP contribution in [0.2, 0.25) is 0 Å². The van der Waals surface area contributed by atoms with Crippen LogP contribution in [0.5, 0.6) is 5.75 Å². The standard InChI is InChI=1S/C16H24O2/c1-12(2)16(3,4)15(18)7-5-6-13-8-10-14(17)11-9-13/h8-12,17H,5-7H2,1-4H3. The average molecular weight is 248 g/mol. The van der Waals surface area contributed by atoms with Crippen LogP contribution in [0.3, 0.4) is 0 Å². The SMILES string of the molecule is CC(C)C(C)(C)C(=O)CCCc1ccc(O)cc1. The largest absolute Gasteiger partial charge is 0.508 e. The average Bonchev–Trinajstić information content (AvgIpc) is 2.31. The van der Waals surface area contributed by atoms with Crippen LogP contribution in [0.4, 0.5) is 0 Å². The minimum absolute atomic E-state index is 0.227. The van der Waals surface area contributed by atoms with Crippen molar-refractivity contribution in [3.8, 4) is 5.75 Å². The second-order valence-corrected chi connectivity index (χ2v) is 5.82. The molecule has 1 N–H and O–H groups in total. The van der Waals surface area contributed by atoms with E-state index in [0.29, 0.717) is 18.1 Å². The Balaban J connectivity index is 2.43. The van der Waals surface area contributed by atoms with E-state index in [9.17, 15) is 9.90 Å². The Kier molecular flexibility index (Phi) is 4.94. The lowest BCUT2D eigenvalue weighted by molar-refractivity contribution is -0.129. The number of phenols is 1. The lowest BCUT2D eigenvalue weighted by Gasteiger charge is -2.27. The molecule has 0 spiro atoms. The molecule has 0 heterocycles. The molecule has 0 bridgehead atoms. The number of aryl methyl sites for hydroxylation is 1. The second kappa shape index (κ2) is 6.03. The molecule has 0 aliphatic carbocycles. The van der Waals surface area contributed by atoms with Crippen LogP contribution in [-0.4, -0.2) is 10.9 Å². The monoisotopic (exact) mass is 248 g/mol. The Morgan fingerprint density at radius 1 is 1.22 bits per heavy atom. The molecule has 0 aromatic heterocycles. The van der Waals surface area contributed by atoms with E-state index >= 15 is 0 Å². The van der Waals surface area contributed by atoms with Crippen molar-refractivity contribution in [2.24, 2.45) is 11.3 Å². The molecule has 0 unspecified atom stereocenters. The molecular formula is C16H24O2. The first-order chi connectivity index (χ1) is 8.34. The van der Waals surface area contributed by atoms with Crippen molar-refractivity contribution in [2.75, 3.05) is 0 Å². The minimum Gasteiger partial charge on any atom is -0.508 e. The molecule has 1 aromatic rings. The molecule has 0 saturated carbocycles. The molecule has 18 heavy (non-hydrogen) atoms. The third-order valence-electron chi connectivity index (χ3n) is 3.97. The number of aromatic hydroxyl groups is 1. The molecule has 0 aliphatic heterocycles. The molecule has 100 valence electrons. The van der Waals surface area contributed by atoms with Gasteiger partial charge in [0.2, 0.25) is 0 Å². The zero-order chi connectivity index (χ0) is 13.8. The summed E-state index contributed by atoms with van der Waals surface area (Å²) in [5.41, 5.74) is 0.942. The predicted molar refractivity (Wildman–Crippen MR) is 74.7 cm³/mol. The summed E-state index contributed by atoms with van der Waals surface area (Å²) in [5, 5.41) is 9.18. The fraction of sp³-hybridized carbons (Fsp3) is 0.562. The topological polar surface area (TPSA) is 37.3 Å². The van der Waals surface area contributed by atoms with Crippen LogP contribution >= 0.6 is 0 Å². The van der Waals surface area contributed by atoms with Crippen molar-refractivity contribution in [1.29, 1.82) is 0 Å². The van der Waals surface area contributed by atoms with E-state index in [1.165, 1.54) is 5.56 Å². The third-order valence-corrected chi connectivity index (χ3v) is 3.97. The molecule has 1 rings (SSSR count). The Hall–Kier alpha value is -1.31. The highest BCUT2D eigenvalue weighted by Gasteiger charge is 2.29. The van der Waals surface area contributed by atoms with Crippen LogP contribution in [0.15, 0.2) is 24.3 Å². The molecule has 2 heteroatoms. The Morgan fingerprint density at radius 2 is 1.78 bits per heavy atom. The number of rotatable bonds is 6. The summed E-state index contributed by atoms with van der Waals surface area (Å²) in [6, 6.07) is 7.20. The first kappa shape index (κ1) is 14.7. The maximum atomic E-state index is 12.1. The number of hydrogen-bond acceptors (Lipinski definition) is 2. The molecule has 0 radical (unpaired) electrons. The first-order valence-corrected chi connectivity index (χ1v) is 6.65. The molecule has 0 amide bonds. The predicted octanol–water partition coefficient (Wildman–Crippen LogP) is 3.97. The third kappa shape index (κ3) is 3.86. The Morgan fingerprint density at radius 3 is 2.28 bits per heavy atom. The molecular weight excluding hydrogens is 224 g/mol. The molecule has 0 aliphatic rings. The van der Waals surface area contributed by atoms with Crippen LogP contribution in [-0.2, 0) is 11.2 Å². The van der Waals surface area contributed by atoms with E-state index in [4.69, 9.17) is 0 Å². The second-order valence-electron chi connectivity index (χ2n) is 5.82. The van der Waals surface area contributed by atoms with Crippen molar-refractivity contribution < 1.29 is 9.90 Å². The maximum Gasteiger partial charge on any atom is 0.138 e. The van der Waals surface area contributed by atoms with Crippen molar-refractivity contribution >= 4 is 5.78 Å². The summed E-state index contributed by atoms with van der Waals surface area (Å²) < 4.78 is 0. The lowest BCUT2D eigenvalue weighted by atomic mass is 9.76. The van der Waals surface area contributed by atoms with Crippen LogP contribution in [0.1, 0.15) is 46.1 Å². The van der Waals surface area contributed by atoms with Crippen LogP contribution in [0, 0.1) is 11.3 Å². The van der Waals surface area contributed by atoms with E-state index in [1.807, 2.05) is 26.0 Å². The molecule has 0 saturated heterocycles. The summed E-state index contributed by atoms with van der Waals surface area (Å²) in [6.07, 6.45) is 2.39. The van der Waals surface area contributed by atoms with Crippen LogP contribution in [0.25, 0.3) is 0 Å². The highest BCUT2D eigenvalue weighted by molar-refractivity contribution is 5.84. The van der Waals surface area contributed by atoms with E-state index < -0.39 is 0 Å². The van der Waals surface area contributed by atoms with Crippen molar-refractivity contribution in [2.45, 2.75) is 47.0 Å². The lowest BCUT2D eigenvalue weighted by Crippen LogP contribution is -2.29. The number of hydrogen-bond donors (Lipinski definition) is 1. The normalized spacial score (nSPS) is 11.8. The van der Waals surface area contributed by atoms with Crippen LogP contribution < -0.4 is 0 Å². The summed E-state index contributed by atoms with van der Waals surface area (Å²) in [4.78, 5) is 12.1. The van der Waals surface area contributed by atoms with Gasteiger partial charge < -0.3 is 5.11 Å². The summed E-state index contributed by atoms with van der Waals surface area (Å²) in [5.74, 6) is 1.01. The summed E-state index contributed by atoms with van der Waals surface area (Å²) >= 11 is 0. The highest BCUT2D eigenvalue weighted by Crippen LogP contribution is 2.29. The van der Waals surface area contributed by atoms with Gasteiger partial charge in [-0.25, -0.2) is 0 Å². The molecule has 2 nitrogen and oxygen atoms in total. The number of ketones is 1. The number of Topliss-reactive ketones (excluding diaryl/α,β-unsaturated/α-hetero) is 1. The quantitative estimate of drug-likeness (QED) is 0.827. The van der Waals surface area contributed by atoms with Gasteiger partial charge in [0.25, 0.3) is 0 Å². The molecule has 0 fully saturated rings. The van der Waals surface area contributed by atoms with Gasteiger partial charge in [0.05, 0.1) is 0 Å². The number of carbonyl (C=O) groups excluding carboxylic acids is 1. The number of benzene rings is 1. The minimum atomic E-state index is -0.227. The van der Waals surface area contributed by atoms with Gasteiger partial charge in [0, 0.05) is 11.8 Å². The zero-order valence-corrected chi connectivity index (χ0v) is 11.9. The van der Waals surface area contributed by atoms with E-state index in [1.54, 1.807) is 12.1 Å². The van der Waals surface area contributed by atoms with Crippen molar-refractivity contribution in [1.82, 2.24) is 0 Å². The highest BCUT2D eigenvalue weighted by atomic mass is 16.3. The van der Waals surface area contributed by atoms with Gasteiger partial charge in [-0.2, -0.15) is 0 Å². The molecule has 1 aromatic carbocycles. The van der Waals surface area contributed by atoms with Gasteiger partial charge in [0.1, 0.15) is 11.5 Å². The smallest absolute Gasteiger partial charge is 0.138 e. The van der Waals surface area contributed by atoms with Crippen molar-refractivity contribution in [3.05, 3.63) is 29.8 Å². The van der Waals surface area contributed by atoms with E-state index in [0.717, 1.165) is 12.8 Å². The fourth-order valence-electron chi connectivity index (χ4n) is 1.76.